The predicted octanol–water partition coefficient (Wildman–Crippen LogP) is 12.5. The summed E-state index contributed by atoms with van der Waals surface area (Å²) in [5.41, 5.74) is 10.1. The van der Waals surface area contributed by atoms with Crippen LogP contribution in [0.3, 0.4) is 0 Å². The first-order valence-electron chi connectivity index (χ1n) is 14.7. The van der Waals surface area contributed by atoms with Crippen molar-refractivity contribution in [3.8, 4) is 11.1 Å². The van der Waals surface area contributed by atoms with Gasteiger partial charge >= 0.3 is 0 Å². The molecule has 1 aliphatic carbocycles. The van der Waals surface area contributed by atoms with Crippen molar-refractivity contribution in [3.63, 3.8) is 0 Å². The van der Waals surface area contributed by atoms with E-state index in [-0.39, 0.29) is 0 Å². The maximum absolute atomic E-state index is 3.36. The van der Waals surface area contributed by atoms with E-state index in [4.69, 9.17) is 0 Å². The zero-order valence-corrected chi connectivity index (χ0v) is 25.8. The monoisotopic (exact) mass is 531 g/mol. The third kappa shape index (κ3) is 9.89. The summed E-state index contributed by atoms with van der Waals surface area (Å²) in [4.78, 5) is 2.34. The van der Waals surface area contributed by atoms with Crippen LogP contribution in [-0.2, 0) is 6.42 Å². The predicted molar refractivity (Wildman–Crippen MR) is 183 cm³/mol. The van der Waals surface area contributed by atoms with Crippen molar-refractivity contribution in [2.75, 3.05) is 4.90 Å². The number of allylic oxidation sites excluding steroid dienone is 3. The number of rotatable bonds is 5. The zero-order chi connectivity index (χ0) is 29.8. The van der Waals surface area contributed by atoms with Gasteiger partial charge in [0.25, 0.3) is 0 Å². The Balaban J connectivity index is 0.000000712. The molecule has 1 heteroatoms. The maximum Gasteiger partial charge on any atom is 0.0464 e. The van der Waals surface area contributed by atoms with Crippen LogP contribution in [-0.4, -0.2) is 0 Å². The summed E-state index contributed by atoms with van der Waals surface area (Å²) in [6.07, 6.45) is 10.0. The summed E-state index contributed by atoms with van der Waals surface area (Å²) in [5.74, 6) is 0. The molecule has 4 aromatic rings. The molecule has 0 N–H and O–H groups in total. The van der Waals surface area contributed by atoms with Gasteiger partial charge in [-0.15, -0.1) is 0 Å². The molecule has 0 aromatic heterocycles. The van der Waals surface area contributed by atoms with E-state index in [1.54, 1.807) is 12.2 Å². The quantitative estimate of drug-likeness (QED) is 0.231. The van der Waals surface area contributed by atoms with Gasteiger partial charge < -0.3 is 4.90 Å². The van der Waals surface area contributed by atoms with E-state index in [0.717, 1.165) is 12.8 Å². The molecule has 0 amide bonds. The first-order valence-corrected chi connectivity index (χ1v) is 14.7. The normalized spacial score (nSPS) is 10.3. The number of para-hydroxylation sites is 1. The average molecular weight is 532 g/mol. The molecule has 0 atom stereocenters. The van der Waals surface area contributed by atoms with Crippen molar-refractivity contribution < 1.29 is 0 Å². The van der Waals surface area contributed by atoms with Crippen LogP contribution in [0.2, 0.25) is 0 Å². The molecule has 210 valence electrons. The van der Waals surface area contributed by atoms with Crippen LogP contribution in [0.4, 0.5) is 17.1 Å². The molecule has 4 aromatic carbocycles. The highest BCUT2D eigenvalue weighted by atomic mass is 15.1. The largest absolute Gasteiger partial charge is 0.310 e. The fourth-order valence-corrected chi connectivity index (χ4v) is 4.13. The lowest BCUT2D eigenvalue weighted by atomic mass is 9.96. The Kier molecular flexibility index (Phi) is 16.9. The van der Waals surface area contributed by atoms with Crippen molar-refractivity contribution in [1.82, 2.24) is 0 Å². The molecule has 0 saturated carbocycles. The van der Waals surface area contributed by atoms with Crippen molar-refractivity contribution >= 4 is 23.1 Å². The van der Waals surface area contributed by atoms with Gasteiger partial charge in [-0.2, -0.15) is 0 Å². The number of nitrogens with zero attached hydrogens (tertiary/aromatic N) is 1. The summed E-state index contributed by atoms with van der Waals surface area (Å²) in [5, 5.41) is 0. The van der Waals surface area contributed by atoms with Crippen LogP contribution in [0.15, 0.2) is 128 Å². The second kappa shape index (κ2) is 19.9. The lowest BCUT2D eigenvalue weighted by molar-refractivity contribution is 0.984. The summed E-state index contributed by atoms with van der Waals surface area (Å²) in [7, 11) is 0. The van der Waals surface area contributed by atoms with E-state index in [0.29, 0.717) is 0 Å². The minimum absolute atomic E-state index is 1.11. The zero-order valence-electron chi connectivity index (χ0n) is 25.8. The first-order chi connectivity index (χ1) is 19.7. The highest BCUT2D eigenvalue weighted by Crippen LogP contribution is 2.37. The van der Waals surface area contributed by atoms with Gasteiger partial charge in [0, 0.05) is 17.1 Å². The summed E-state index contributed by atoms with van der Waals surface area (Å²) < 4.78 is 0. The number of anilines is 3. The highest BCUT2D eigenvalue weighted by Gasteiger charge is 2.15. The Bertz CT molecular complexity index is 1260. The van der Waals surface area contributed by atoms with Crippen LogP contribution in [0.1, 0.15) is 64.7 Å². The van der Waals surface area contributed by atoms with Gasteiger partial charge in [0.15, 0.2) is 0 Å². The van der Waals surface area contributed by atoms with E-state index < -0.39 is 0 Å². The van der Waals surface area contributed by atoms with E-state index in [1.807, 2.05) is 41.5 Å². The van der Waals surface area contributed by atoms with Crippen LogP contribution < -0.4 is 4.90 Å². The van der Waals surface area contributed by atoms with Crippen molar-refractivity contribution in [2.24, 2.45) is 0 Å². The molecule has 1 nitrogen and oxygen atoms in total. The summed E-state index contributed by atoms with van der Waals surface area (Å²) >= 11 is 0. The molecule has 0 heterocycles. The molecule has 40 heavy (non-hydrogen) atoms. The maximum atomic E-state index is 3.36. The molecule has 0 unspecified atom stereocenters. The molecule has 1 aliphatic rings. The first kappa shape index (κ1) is 33.9. The lowest BCUT2D eigenvalue weighted by Crippen LogP contribution is -2.10. The standard InChI is InChI=1S/C29H25N.C4H6.3C2H6/c1-22-11-13-24(14-12-22)25-15-18-28(19-16-25)30(27-9-3-2-4-10-27)29-20-17-23-7-5-6-8-26(23)21-29;1-3-4-2;3*1-2/h2-5,7,9-21H,6,8H2,1H3;3-4H,1-2H2;3*1-2H3. The average Bonchev–Trinajstić information content (AvgIpc) is 3.05. The second-order valence-corrected chi connectivity index (χ2v) is 8.38. The van der Waals surface area contributed by atoms with Crippen LogP contribution >= 0.6 is 0 Å². The van der Waals surface area contributed by atoms with Gasteiger partial charge in [0.05, 0.1) is 0 Å². The van der Waals surface area contributed by atoms with Crippen LogP contribution in [0.25, 0.3) is 17.2 Å². The number of hydrogen-bond donors (Lipinski definition) is 0. The van der Waals surface area contributed by atoms with Crippen LogP contribution in [0.5, 0.6) is 0 Å². The molecular formula is C39H49N. The van der Waals surface area contributed by atoms with Crippen LogP contribution in [0, 0.1) is 6.92 Å². The van der Waals surface area contributed by atoms with Crippen molar-refractivity contribution in [2.45, 2.75) is 61.3 Å². The summed E-state index contributed by atoms with van der Waals surface area (Å²) in [6, 6.07) is 35.0. The van der Waals surface area contributed by atoms with Gasteiger partial charge in [0.2, 0.25) is 0 Å². The fraction of sp³-hybridized carbons (Fsp3) is 0.231. The van der Waals surface area contributed by atoms with Gasteiger partial charge in [-0.05, 0) is 78.4 Å². The molecule has 0 radical (unpaired) electrons. The Labute approximate surface area is 245 Å². The minimum Gasteiger partial charge on any atom is -0.310 e. The third-order valence-electron chi connectivity index (χ3n) is 5.95. The molecular weight excluding hydrogens is 482 g/mol. The minimum atomic E-state index is 1.11. The van der Waals surface area contributed by atoms with Gasteiger partial charge in [-0.3, -0.25) is 0 Å². The van der Waals surface area contributed by atoms with E-state index in [1.165, 1.54) is 44.9 Å². The van der Waals surface area contributed by atoms with Gasteiger partial charge in [0.1, 0.15) is 0 Å². The molecule has 5 rings (SSSR count). The topological polar surface area (TPSA) is 3.24 Å². The van der Waals surface area contributed by atoms with Gasteiger partial charge in [-0.1, -0.05) is 145 Å². The SMILES string of the molecule is C=CC=C.CC.CC.CC.Cc1ccc(-c2ccc(N(c3ccccc3)c3ccc4c(c3)CCC=C4)cc2)cc1. The van der Waals surface area contributed by atoms with Gasteiger partial charge in [-0.25, -0.2) is 0 Å². The summed E-state index contributed by atoms with van der Waals surface area (Å²) in [6.45, 7) is 20.8. The van der Waals surface area contributed by atoms with E-state index >= 15 is 0 Å². The highest BCUT2D eigenvalue weighted by molar-refractivity contribution is 5.79. The molecule has 0 aliphatic heterocycles. The Hall–Kier alpha value is -4.10. The fourth-order valence-electron chi connectivity index (χ4n) is 4.13. The van der Waals surface area contributed by atoms with E-state index in [2.05, 4.69) is 134 Å². The van der Waals surface area contributed by atoms with Crippen molar-refractivity contribution in [3.05, 3.63) is 145 Å². The Morgan fingerprint density at radius 2 is 1.10 bits per heavy atom. The number of fused-ring (bicyclic) bond motifs is 1. The number of hydrogen-bond acceptors (Lipinski definition) is 1. The Morgan fingerprint density at radius 1 is 0.600 bits per heavy atom. The third-order valence-corrected chi connectivity index (χ3v) is 5.95. The number of benzene rings is 4. The second-order valence-electron chi connectivity index (χ2n) is 8.38. The lowest BCUT2D eigenvalue weighted by Gasteiger charge is -2.27. The number of aryl methyl sites for hydroxylation is 2. The molecule has 0 saturated heterocycles. The van der Waals surface area contributed by atoms with E-state index in [9.17, 15) is 0 Å². The van der Waals surface area contributed by atoms with Crippen molar-refractivity contribution in [1.29, 1.82) is 0 Å². The Morgan fingerprint density at radius 3 is 1.65 bits per heavy atom. The molecule has 0 bridgehead atoms. The smallest absolute Gasteiger partial charge is 0.0464 e. The molecule has 0 fully saturated rings. The molecule has 0 spiro atoms.